The Morgan fingerprint density at radius 1 is 1.20 bits per heavy atom. The first-order valence-corrected chi connectivity index (χ1v) is 6.85. The predicted molar refractivity (Wildman–Crippen MR) is 65.1 cm³/mol. The van der Waals surface area contributed by atoms with Crippen LogP contribution in [-0.4, -0.2) is 25.2 Å². The molecule has 3 atom stereocenters. The second-order valence-corrected chi connectivity index (χ2v) is 5.34. The van der Waals surface area contributed by atoms with E-state index >= 15 is 0 Å². The van der Waals surface area contributed by atoms with Crippen molar-refractivity contribution in [3.63, 3.8) is 0 Å². The van der Waals surface area contributed by atoms with Gasteiger partial charge in [0.25, 0.3) is 0 Å². The van der Waals surface area contributed by atoms with E-state index in [1.807, 2.05) is 0 Å². The SMILES string of the molecule is CCC1CCCC(NCC2CCCN2)C1. The fourth-order valence-corrected chi connectivity index (χ4v) is 3.09. The molecule has 0 aromatic heterocycles. The molecule has 1 saturated heterocycles. The highest BCUT2D eigenvalue weighted by atomic mass is 15.0. The quantitative estimate of drug-likeness (QED) is 0.744. The van der Waals surface area contributed by atoms with E-state index in [4.69, 9.17) is 0 Å². The molecule has 0 spiro atoms. The molecule has 2 heteroatoms. The fourth-order valence-electron chi connectivity index (χ4n) is 3.09. The van der Waals surface area contributed by atoms with Gasteiger partial charge in [-0.2, -0.15) is 0 Å². The average Bonchev–Trinajstić information content (AvgIpc) is 2.79. The Bertz CT molecular complexity index is 175. The van der Waals surface area contributed by atoms with Gasteiger partial charge in [0.05, 0.1) is 0 Å². The molecule has 1 aliphatic carbocycles. The van der Waals surface area contributed by atoms with E-state index < -0.39 is 0 Å². The van der Waals surface area contributed by atoms with Gasteiger partial charge in [0.1, 0.15) is 0 Å². The molecule has 2 rings (SSSR count). The highest BCUT2D eigenvalue weighted by Gasteiger charge is 2.21. The van der Waals surface area contributed by atoms with E-state index in [0.717, 1.165) is 18.0 Å². The molecular weight excluding hydrogens is 184 g/mol. The molecule has 2 fully saturated rings. The van der Waals surface area contributed by atoms with Gasteiger partial charge in [-0.15, -0.1) is 0 Å². The molecule has 1 heterocycles. The van der Waals surface area contributed by atoms with Crippen molar-refractivity contribution in [1.82, 2.24) is 10.6 Å². The maximum absolute atomic E-state index is 3.77. The Hall–Kier alpha value is -0.0800. The molecule has 2 aliphatic rings. The smallest absolute Gasteiger partial charge is 0.0193 e. The van der Waals surface area contributed by atoms with Gasteiger partial charge in [-0.1, -0.05) is 26.2 Å². The topological polar surface area (TPSA) is 24.1 Å². The Morgan fingerprint density at radius 2 is 2.13 bits per heavy atom. The summed E-state index contributed by atoms with van der Waals surface area (Å²) in [6, 6.07) is 1.57. The Kier molecular flexibility index (Phi) is 4.45. The highest BCUT2D eigenvalue weighted by Crippen LogP contribution is 2.26. The zero-order chi connectivity index (χ0) is 10.5. The molecule has 88 valence electrons. The summed E-state index contributed by atoms with van der Waals surface area (Å²) in [7, 11) is 0. The van der Waals surface area contributed by atoms with Gasteiger partial charge >= 0.3 is 0 Å². The zero-order valence-corrected chi connectivity index (χ0v) is 10.1. The molecule has 3 unspecified atom stereocenters. The number of nitrogens with one attached hydrogen (secondary N) is 2. The molecule has 2 N–H and O–H groups in total. The van der Waals surface area contributed by atoms with Crippen molar-refractivity contribution >= 4 is 0 Å². The molecule has 1 aliphatic heterocycles. The molecule has 2 nitrogen and oxygen atoms in total. The Labute approximate surface area is 94.2 Å². The minimum Gasteiger partial charge on any atom is -0.313 e. The predicted octanol–water partition coefficient (Wildman–Crippen LogP) is 2.30. The van der Waals surface area contributed by atoms with Gasteiger partial charge in [0.2, 0.25) is 0 Å². The van der Waals surface area contributed by atoms with Crippen molar-refractivity contribution in [1.29, 1.82) is 0 Å². The molecule has 0 aromatic rings. The third-order valence-corrected chi connectivity index (χ3v) is 4.18. The van der Waals surface area contributed by atoms with Crippen molar-refractivity contribution in [2.24, 2.45) is 5.92 Å². The van der Waals surface area contributed by atoms with E-state index in [1.54, 1.807) is 0 Å². The van der Waals surface area contributed by atoms with E-state index in [9.17, 15) is 0 Å². The summed E-state index contributed by atoms with van der Waals surface area (Å²) in [5.74, 6) is 0.993. The molecule has 1 saturated carbocycles. The lowest BCUT2D eigenvalue weighted by atomic mass is 9.84. The van der Waals surface area contributed by atoms with Gasteiger partial charge in [-0.3, -0.25) is 0 Å². The minimum atomic E-state index is 0.756. The molecule has 0 radical (unpaired) electrons. The number of hydrogen-bond acceptors (Lipinski definition) is 2. The van der Waals surface area contributed by atoms with Crippen LogP contribution in [0.2, 0.25) is 0 Å². The monoisotopic (exact) mass is 210 g/mol. The van der Waals surface area contributed by atoms with Crippen LogP contribution in [0, 0.1) is 5.92 Å². The molecule has 0 bridgehead atoms. The van der Waals surface area contributed by atoms with Crippen molar-refractivity contribution in [3.05, 3.63) is 0 Å². The van der Waals surface area contributed by atoms with E-state index in [2.05, 4.69) is 17.6 Å². The Morgan fingerprint density at radius 3 is 2.87 bits per heavy atom. The van der Waals surface area contributed by atoms with Crippen LogP contribution < -0.4 is 10.6 Å². The largest absolute Gasteiger partial charge is 0.313 e. The summed E-state index contributed by atoms with van der Waals surface area (Å²) in [6.07, 6.45) is 9.85. The summed E-state index contributed by atoms with van der Waals surface area (Å²) in [5, 5.41) is 7.32. The first kappa shape index (κ1) is 11.4. The molecule has 0 aromatic carbocycles. The lowest BCUT2D eigenvalue weighted by Gasteiger charge is -2.30. The maximum Gasteiger partial charge on any atom is 0.0193 e. The lowest BCUT2D eigenvalue weighted by molar-refractivity contribution is 0.274. The standard InChI is InChI=1S/C13H26N2/c1-2-11-5-3-6-12(9-11)15-10-13-7-4-8-14-13/h11-15H,2-10H2,1H3. The normalized spacial score (nSPS) is 37.0. The molecular formula is C13H26N2. The van der Waals surface area contributed by atoms with Crippen LogP contribution in [0.15, 0.2) is 0 Å². The van der Waals surface area contributed by atoms with Crippen LogP contribution in [-0.2, 0) is 0 Å². The summed E-state index contributed by atoms with van der Waals surface area (Å²) < 4.78 is 0. The summed E-state index contributed by atoms with van der Waals surface area (Å²) in [6.45, 7) is 4.77. The van der Waals surface area contributed by atoms with Crippen LogP contribution in [0.4, 0.5) is 0 Å². The van der Waals surface area contributed by atoms with Crippen LogP contribution in [0.3, 0.4) is 0 Å². The van der Waals surface area contributed by atoms with Gasteiger partial charge in [-0.25, -0.2) is 0 Å². The fraction of sp³-hybridized carbons (Fsp3) is 1.00. The molecule has 0 amide bonds. The zero-order valence-electron chi connectivity index (χ0n) is 10.1. The van der Waals surface area contributed by atoms with Crippen LogP contribution in [0.5, 0.6) is 0 Å². The third-order valence-electron chi connectivity index (χ3n) is 4.18. The first-order valence-electron chi connectivity index (χ1n) is 6.85. The Balaban J connectivity index is 1.65. The van der Waals surface area contributed by atoms with Crippen LogP contribution in [0.1, 0.15) is 51.9 Å². The minimum absolute atomic E-state index is 0.756. The summed E-state index contributed by atoms with van der Waals surface area (Å²) in [4.78, 5) is 0. The van der Waals surface area contributed by atoms with Crippen LogP contribution >= 0.6 is 0 Å². The maximum atomic E-state index is 3.77. The van der Waals surface area contributed by atoms with Gasteiger partial charge in [0, 0.05) is 18.6 Å². The van der Waals surface area contributed by atoms with E-state index in [-0.39, 0.29) is 0 Å². The lowest BCUT2D eigenvalue weighted by Crippen LogP contribution is -2.41. The third kappa shape index (κ3) is 3.46. The second kappa shape index (κ2) is 5.86. The van der Waals surface area contributed by atoms with Gasteiger partial charge in [-0.05, 0) is 38.1 Å². The van der Waals surface area contributed by atoms with Crippen molar-refractivity contribution < 1.29 is 0 Å². The molecule has 15 heavy (non-hydrogen) atoms. The van der Waals surface area contributed by atoms with Crippen molar-refractivity contribution in [2.45, 2.75) is 64.0 Å². The number of hydrogen-bond donors (Lipinski definition) is 2. The van der Waals surface area contributed by atoms with Crippen molar-refractivity contribution in [3.8, 4) is 0 Å². The summed E-state index contributed by atoms with van der Waals surface area (Å²) in [5.41, 5.74) is 0. The van der Waals surface area contributed by atoms with E-state index in [1.165, 1.54) is 58.0 Å². The highest BCUT2D eigenvalue weighted by molar-refractivity contribution is 4.82. The first-order chi connectivity index (χ1) is 7.38. The van der Waals surface area contributed by atoms with Crippen LogP contribution in [0.25, 0.3) is 0 Å². The van der Waals surface area contributed by atoms with Gasteiger partial charge in [0.15, 0.2) is 0 Å². The second-order valence-electron chi connectivity index (χ2n) is 5.34. The van der Waals surface area contributed by atoms with E-state index in [0.29, 0.717) is 0 Å². The number of rotatable bonds is 4. The average molecular weight is 210 g/mol. The summed E-state index contributed by atoms with van der Waals surface area (Å²) >= 11 is 0. The van der Waals surface area contributed by atoms with Gasteiger partial charge < -0.3 is 10.6 Å². The van der Waals surface area contributed by atoms with Crippen molar-refractivity contribution in [2.75, 3.05) is 13.1 Å².